The average Bonchev–Trinajstić information content (AvgIpc) is 3.19. The van der Waals surface area contributed by atoms with Gasteiger partial charge in [-0.2, -0.15) is 13.2 Å². The van der Waals surface area contributed by atoms with E-state index in [0.29, 0.717) is 23.4 Å². The van der Waals surface area contributed by atoms with Crippen LogP contribution in [-0.2, 0) is 18.1 Å². The first-order valence-electron chi connectivity index (χ1n) is 10.9. The van der Waals surface area contributed by atoms with Crippen molar-refractivity contribution in [3.05, 3.63) is 86.6 Å². The molecular weight excluding hydrogens is 458 g/mol. The van der Waals surface area contributed by atoms with E-state index in [1.807, 2.05) is 20.8 Å². The van der Waals surface area contributed by atoms with Crippen molar-refractivity contribution < 1.29 is 26.3 Å². The standard InChI is InChI=1S/C25H22F6N2O/c1-23(2)17-6-7-24(23,3)21-20(17)22(34)33(19-5-4-15(26)11-18(19)28)32(21)12-13-8-14(25(29,30)31)10-16(27)9-13/h4-5,8-11,17H,6-7,12H2,1-3H3/t17-,24+/m1/s1. The smallest absolute Gasteiger partial charge is 0.277 e. The fraction of sp³-hybridized carbons (Fsp3) is 0.400. The van der Waals surface area contributed by atoms with Crippen LogP contribution >= 0.6 is 0 Å². The summed E-state index contributed by atoms with van der Waals surface area (Å²) in [6.45, 7) is 5.79. The van der Waals surface area contributed by atoms with Crippen LogP contribution in [0, 0.1) is 22.9 Å². The Morgan fingerprint density at radius 2 is 1.71 bits per heavy atom. The number of nitrogens with zero attached hydrogens (tertiary/aromatic N) is 2. The highest BCUT2D eigenvalue weighted by atomic mass is 19.4. The van der Waals surface area contributed by atoms with Gasteiger partial charge in [0.2, 0.25) is 0 Å². The Kier molecular flexibility index (Phi) is 4.71. The van der Waals surface area contributed by atoms with Crippen LogP contribution in [0.15, 0.2) is 41.2 Å². The van der Waals surface area contributed by atoms with Gasteiger partial charge >= 0.3 is 6.18 Å². The largest absolute Gasteiger partial charge is 0.416 e. The van der Waals surface area contributed by atoms with Gasteiger partial charge in [-0.3, -0.25) is 9.48 Å². The lowest BCUT2D eigenvalue weighted by Gasteiger charge is -2.36. The van der Waals surface area contributed by atoms with E-state index in [4.69, 9.17) is 0 Å². The summed E-state index contributed by atoms with van der Waals surface area (Å²) in [5, 5.41) is 0. The second kappa shape index (κ2) is 7.02. The summed E-state index contributed by atoms with van der Waals surface area (Å²) < 4.78 is 85.0. The second-order valence-electron chi connectivity index (χ2n) is 10.0. The van der Waals surface area contributed by atoms with Crippen LogP contribution in [0.2, 0.25) is 0 Å². The zero-order valence-corrected chi connectivity index (χ0v) is 18.7. The van der Waals surface area contributed by atoms with Crippen molar-refractivity contribution in [2.45, 2.75) is 57.7 Å². The molecule has 9 heteroatoms. The van der Waals surface area contributed by atoms with Crippen LogP contribution in [0.5, 0.6) is 0 Å². The summed E-state index contributed by atoms with van der Waals surface area (Å²) >= 11 is 0. The predicted molar refractivity (Wildman–Crippen MR) is 114 cm³/mol. The van der Waals surface area contributed by atoms with E-state index in [0.717, 1.165) is 41.8 Å². The van der Waals surface area contributed by atoms with E-state index in [2.05, 4.69) is 0 Å². The molecule has 2 bridgehead atoms. The molecular formula is C25H22F6N2O. The lowest BCUT2D eigenvalue weighted by atomic mass is 9.70. The topological polar surface area (TPSA) is 26.9 Å². The first-order valence-corrected chi connectivity index (χ1v) is 10.9. The molecule has 0 saturated heterocycles. The molecule has 2 atom stereocenters. The Morgan fingerprint density at radius 1 is 1.00 bits per heavy atom. The highest BCUT2D eigenvalue weighted by Gasteiger charge is 2.63. The van der Waals surface area contributed by atoms with Crippen LogP contribution in [-0.4, -0.2) is 9.36 Å². The molecule has 180 valence electrons. The van der Waals surface area contributed by atoms with Crippen molar-refractivity contribution in [3.8, 4) is 5.69 Å². The predicted octanol–water partition coefficient (Wildman–Crippen LogP) is 6.30. The van der Waals surface area contributed by atoms with Gasteiger partial charge in [0.15, 0.2) is 5.82 Å². The molecule has 1 fully saturated rings. The number of halogens is 6. The lowest BCUT2D eigenvalue weighted by Crippen LogP contribution is -2.36. The van der Waals surface area contributed by atoms with Gasteiger partial charge in [-0.25, -0.2) is 17.9 Å². The molecule has 2 aromatic carbocycles. The van der Waals surface area contributed by atoms with E-state index >= 15 is 0 Å². The first kappa shape index (κ1) is 22.8. The molecule has 3 aromatic rings. The Morgan fingerprint density at radius 3 is 2.35 bits per heavy atom. The number of hydrogen-bond acceptors (Lipinski definition) is 1. The Bertz CT molecular complexity index is 1380. The molecule has 3 nitrogen and oxygen atoms in total. The van der Waals surface area contributed by atoms with E-state index in [1.54, 1.807) is 0 Å². The normalized spacial score (nSPS) is 22.9. The Hall–Kier alpha value is -2.97. The molecule has 2 aliphatic rings. The van der Waals surface area contributed by atoms with E-state index in [-0.39, 0.29) is 29.1 Å². The van der Waals surface area contributed by atoms with Crippen LogP contribution in [0.1, 0.15) is 61.9 Å². The molecule has 1 aromatic heterocycles. The molecule has 5 rings (SSSR count). The summed E-state index contributed by atoms with van der Waals surface area (Å²) in [7, 11) is 0. The minimum atomic E-state index is -4.76. The maximum atomic E-state index is 14.8. The van der Waals surface area contributed by atoms with Crippen LogP contribution in [0.4, 0.5) is 26.3 Å². The molecule has 0 unspecified atom stereocenters. The number of fused-ring (bicyclic) bond motifs is 5. The zero-order chi connectivity index (χ0) is 24.8. The zero-order valence-electron chi connectivity index (χ0n) is 18.7. The van der Waals surface area contributed by atoms with E-state index in [9.17, 15) is 31.1 Å². The number of aromatic nitrogens is 2. The maximum Gasteiger partial charge on any atom is 0.416 e. The molecule has 34 heavy (non-hydrogen) atoms. The summed E-state index contributed by atoms with van der Waals surface area (Å²) in [4.78, 5) is 13.7. The van der Waals surface area contributed by atoms with Crippen molar-refractivity contribution in [1.29, 1.82) is 0 Å². The van der Waals surface area contributed by atoms with Crippen LogP contribution in [0.3, 0.4) is 0 Å². The number of benzene rings is 2. The molecule has 0 radical (unpaired) electrons. The first-order chi connectivity index (χ1) is 15.8. The molecule has 0 amide bonds. The van der Waals surface area contributed by atoms with Gasteiger partial charge in [-0.1, -0.05) is 20.8 Å². The fourth-order valence-electron chi connectivity index (χ4n) is 6.01. The molecule has 1 heterocycles. The fourth-order valence-corrected chi connectivity index (χ4v) is 6.01. The summed E-state index contributed by atoms with van der Waals surface area (Å²) in [5.74, 6) is -2.99. The minimum absolute atomic E-state index is 0.0226. The second-order valence-corrected chi connectivity index (χ2v) is 10.0. The third-order valence-electron chi connectivity index (χ3n) is 8.03. The highest BCUT2D eigenvalue weighted by molar-refractivity contribution is 5.48. The summed E-state index contributed by atoms with van der Waals surface area (Å²) in [5.41, 5.74) is -1.59. The number of hydrogen-bond donors (Lipinski definition) is 0. The number of alkyl halides is 3. The Balaban J connectivity index is 1.78. The summed E-state index contributed by atoms with van der Waals surface area (Å²) in [6, 6.07) is 4.98. The van der Waals surface area contributed by atoms with Gasteiger partial charge in [-0.05, 0) is 60.1 Å². The molecule has 0 aliphatic heterocycles. The molecule has 0 spiro atoms. The van der Waals surface area contributed by atoms with Crippen LogP contribution < -0.4 is 5.56 Å². The third kappa shape index (κ3) is 3.01. The molecule has 0 N–H and O–H groups in total. The average molecular weight is 480 g/mol. The molecule has 2 aliphatic carbocycles. The minimum Gasteiger partial charge on any atom is -0.277 e. The van der Waals surface area contributed by atoms with Gasteiger partial charge in [0, 0.05) is 17.0 Å². The Labute approximate surface area is 191 Å². The summed E-state index contributed by atoms with van der Waals surface area (Å²) in [6.07, 6.45) is -3.27. The van der Waals surface area contributed by atoms with Gasteiger partial charge in [0.25, 0.3) is 5.56 Å². The highest BCUT2D eigenvalue weighted by Crippen LogP contribution is 2.67. The van der Waals surface area contributed by atoms with Gasteiger partial charge in [0.1, 0.15) is 17.3 Å². The van der Waals surface area contributed by atoms with Crippen molar-refractivity contribution in [3.63, 3.8) is 0 Å². The molecule has 1 saturated carbocycles. The third-order valence-corrected chi connectivity index (χ3v) is 8.03. The van der Waals surface area contributed by atoms with Gasteiger partial charge < -0.3 is 0 Å². The maximum absolute atomic E-state index is 14.8. The van der Waals surface area contributed by atoms with Crippen molar-refractivity contribution in [2.75, 3.05) is 0 Å². The number of rotatable bonds is 3. The van der Waals surface area contributed by atoms with Gasteiger partial charge in [-0.15, -0.1) is 0 Å². The van der Waals surface area contributed by atoms with E-state index < -0.39 is 40.2 Å². The SMILES string of the molecule is CC1(C)[C@@H]2CC[C@@]1(C)c1c2c(=O)n(-c2ccc(F)cc2F)n1Cc1cc(F)cc(C(F)(F)F)c1. The van der Waals surface area contributed by atoms with Crippen molar-refractivity contribution >= 4 is 0 Å². The van der Waals surface area contributed by atoms with Crippen molar-refractivity contribution in [1.82, 2.24) is 9.36 Å². The van der Waals surface area contributed by atoms with E-state index in [1.165, 1.54) is 4.68 Å². The van der Waals surface area contributed by atoms with Gasteiger partial charge in [0.05, 0.1) is 17.8 Å². The lowest BCUT2D eigenvalue weighted by molar-refractivity contribution is -0.137. The van der Waals surface area contributed by atoms with Crippen LogP contribution in [0.25, 0.3) is 5.69 Å². The quantitative estimate of drug-likeness (QED) is 0.405. The monoisotopic (exact) mass is 480 g/mol. The van der Waals surface area contributed by atoms with Crippen molar-refractivity contribution in [2.24, 2.45) is 5.41 Å².